The Morgan fingerprint density at radius 2 is 0.724 bits per heavy atom. The first kappa shape index (κ1) is 124. The number of nitrogens with zero attached hydrogens (tertiary/aromatic N) is 2. The maximum absolute atomic E-state index is 12.3. The molecule has 2 heterocycles. The van der Waals surface area contributed by atoms with Gasteiger partial charge in [-0.25, -0.2) is 9.78 Å². The maximum atomic E-state index is 12.3. The molecule has 134 heavy (non-hydrogen) atoms. The lowest BCUT2D eigenvalue weighted by Crippen LogP contribution is -2.43. The third-order valence-corrected chi connectivity index (χ3v) is 18.5. The highest BCUT2D eigenvalue weighted by Gasteiger charge is 2.35. The highest BCUT2D eigenvalue weighted by atomic mass is 16.6. The van der Waals surface area contributed by atoms with Crippen molar-refractivity contribution >= 4 is 40.4 Å². The number of pyridine rings is 1. The maximum Gasteiger partial charge on any atom is 0.326 e. The minimum absolute atomic E-state index is 0.111. The summed E-state index contributed by atoms with van der Waals surface area (Å²) in [6.07, 6.45) is -17.1. The number of aliphatic hydroxyl groups excluding tert-OH is 18. The largest absolute Gasteiger partial charge is 0.481 e. The van der Waals surface area contributed by atoms with E-state index < -0.39 is 209 Å². The van der Waals surface area contributed by atoms with Crippen molar-refractivity contribution in [1.82, 2.24) is 20.3 Å². The number of ether oxygens (including phenoxy) is 19. The number of nitrogens with one attached hydrogen (secondary N) is 3. The Bertz CT molecular complexity index is 3490. The topological polar surface area (TPSA) is 740 Å². The SMILES string of the molecule is CCC(COCC(COCC(COCC(COCC(O)COCC(O)CO)OCC(CO)OCC(O)CO)OCC(O)CO)OCC(COCC(COCC(O)COCC(O)CO)OCC(O)COCC(O)CO)OCC(CO)OCC(CO)OCC(O)CO)(COC(C)(C)C)COC(C)(C)C.Nc1cc2ncc(CNc3ccc(C(=O)NC(CCC(=O)O)C(=O)O)cc3)nc2c(=O)[nH]1. The molecule has 18 unspecified atom stereocenters. The normalized spacial score (nSPS) is 16.4. The summed E-state index contributed by atoms with van der Waals surface area (Å²) in [5.74, 6) is -2.89. The number of fused-ring (bicyclic) bond motifs is 1. The molecule has 0 saturated heterocycles. The van der Waals surface area contributed by atoms with Crippen LogP contribution in [-0.4, -0.2) is 500 Å². The molecule has 49 nitrogen and oxygen atoms in total. The number of hydrogen-bond acceptors (Lipinski definition) is 45. The summed E-state index contributed by atoms with van der Waals surface area (Å²) in [6, 6.07) is 6.43. The molecule has 18 atom stereocenters. The van der Waals surface area contributed by atoms with Gasteiger partial charge in [-0.3, -0.25) is 19.4 Å². The van der Waals surface area contributed by atoms with Gasteiger partial charge in [0.2, 0.25) is 0 Å². The Morgan fingerprint density at radius 1 is 0.410 bits per heavy atom. The van der Waals surface area contributed by atoms with Crippen LogP contribution in [0.25, 0.3) is 11.0 Å². The number of nitrogens with two attached hydrogens (primary N) is 1. The number of aliphatic hydroxyl groups is 18. The van der Waals surface area contributed by atoms with Gasteiger partial charge < -0.3 is 213 Å². The standard InChI is InChI=1S/C65H132O37.C20H20N6O6/c1-8-65(44-101-63(2,3)4,45-102-64(5,6)7)43-92-38-61(36-90-34-59(95-28-51(80)14-71)33-89-35-60(98-40-56(16-73)94-27-50(79)13-70)31-88-24-53(82)22-85-19-47(76)10-67)100-42-62(99-41-57(17-74)97-39-55(15-72)93-26-49(78)12-69)37-91-32-58(96-29-54(83)25-86-20-48(77)11-68)30-87-23-52(81)21-84-18-46(75)9-66;21-15-7-14-17(19(30)26-15)24-12(9-23-14)8-22-11-3-1-10(2-4-11)18(29)25-13(20(31)32)5-6-16(27)28/h46-62,66-83H,8-45H2,1-7H3;1-4,7,9,13,22H,5-6,8H2,(H,25,29)(H,27,28)(H,31,32)(H3,21,26,30). The Labute approximate surface area is 778 Å². The Balaban J connectivity index is 0.00000157. The number of nitrogen functional groups attached to an aromatic ring is 1. The number of aliphatic carboxylic acids is 2. The predicted molar refractivity (Wildman–Crippen MR) is 471 cm³/mol. The number of carboxylic acid groups (broad SMARTS) is 2. The Hall–Kier alpha value is -5.96. The molecule has 0 bridgehead atoms. The number of aromatic amines is 1. The zero-order valence-electron chi connectivity index (χ0n) is 77.7. The van der Waals surface area contributed by atoms with E-state index >= 15 is 0 Å². The smallest absolute Gasteiger partial charge is 0.326 e. The van der Waals surface area contributed by atoms with Gasteiger partial charge >= 0.3 is 11.9 Å². The van der Waals surface area contributed by atoms with Crippen LogP contribution in [0.15, 0.2) is 41.3 Å². The van der Waals surface area contributed by atoms with Crippen LogP contribution in [0.5, 0.6) is 0 Å². The van der Waals surface area contributed by atoms with E-state index in [1.807, 2.05) is 48.5 Å². The molecule has 780 valence electrons. The van der Waals surface area contributed by atoms with E-state index in [1.54, 1.807) is 12.1 Å². The quantitative estimate of drug-likeness (QED) is 0.0250. The van der Waals surface area contributed by atoms with Gasteiger partial charge in [0, 0.05) is 29.2 Å². The number of H-pyrrole nitrogens is 1. The van der Waals surface area contributed by atoms with E-state index in [4.69, 9.17) is 116 Å². The lowest BCUT2D eigenvalue weighted by Gasteiger charge is -2.37. The average molecular weight is 1950 g/mol. The van der Waals surface area contributed by atoms with Crippen LogP contribution in [0.3, 0.4) is 0 Å². The first-order chi connectivity index (χ1) is 63.8. The number of anilines is 2. The monoisotopic (exact) mass is 1940 g/mol. The second kappa shape index (κ2) is 72.3. The molecule has 0 saturated carbocycles. The van der Waals surface area contributed by atoms with Crippen molar-refractivity contribution < 1.29 is 207 Å². The predicted octanol–water partition coefficient (Wildman–Crippen LogP) is -7.02. The van der Waals surface area contributed by atoms with Gasteiger partial charge in [0.05, 0.1) is 280 Å². The number of hydrogen-bond donors (Lipinski definition) is 24. The van der Waals surface area contributed by atoms with Crippen LogP contribution in [-0.2, 0) is 106 Å². The van der Waals surface area contributed by atoms with E-state index in [-0.39, 0.29) is 221 Å². The number of aromatic nitrogens is 3. The van der Waals surface area contributed by atoms with Gasteiger partial charge in [0.15, 0.2) is 5.52 Å². The van der Waals surface area contributed by atoms with Gasteiger partial charge in [0.1, 0.15) is 116 Å². The van der Waals surface area contributed by atoms with Crippen LogP contribution in [0.4, 0.5) is 11.5 Å². The van der Waals surface area contributed by atoms with Crippen molar-refractivity contribution in [1.29, 1.82) is 0 Å². The number of carbonyl (C=O) groups excluding carboxylic acids is 1. The summed E-state index contributed by atoms with van der Waals surface area (Å²) in [5.41, 5.74) is 5.34. The van der Waals surface area contributed by atoms with E-state index in [1.165, 1.54) is 24.4 Å². The first-order valence-corrected chi connectivity index (χ1v) is 44.0. The van der Waals surface area contributed by atoms with Gasteiger partial charge in [-0.15, -0.1) is 0 Å². The summed E-state index contributed by atoms with van der Waals surface area (Å²) in [6.45, 7) is 2.75. The van der Waals surface area contributed by atoms with E-state index in [0.717, 1.165) is 0 Å². The number of benzene rings is 1. The Kier molecular flexibility index (Phi) is 67.0. The van der Waals surface area contributed by atoms with Crippen LogP contribution in [0.1, 0.15) is 83.8 Å². The molecule has 0 aliphatic rings. The third kappa shape index (κ3) is 60.1. The summed E-state index contributed by atoms with van der Waals surface area (Å²) in [7, 11) is 0. The lowest BCUT2D eigenvalue weighted by molar-refractivity contribution is -0.160. The molecule has 25 N–H and O–H groups in total. The van der Waals surface area contributed by atoms with E-state index in [2.05, 4.69) is 25.6 Å². The molecule has 1 amide bonds. The molecule has 3 rings (SSSR count). The highest BCUT2D eigenvalue weighted by molar-refractivity contribution is 5.97. The summed E-state index contributed by atoms with van der Waals surface area (Å²) < 4.78 is 112. The zero-order chi connectivity index (χ0) is 99.9. The molecule has 1 aromatic carbocycles. The van der Waals surface area contributed by atoms with Gasteiger partial charge in [-0.05, 0) is 78.6 Å². The summed E-state index contributed by atoms with van der Waals surface area (Å²) in [4.78, 5) is 57.0. The zero-order valence-corrected chi connectivity index (χ0v) is 77.7. The van der Waals surface area contributed by atoms with Crippen molar-refractivity contribution in [2.75, 3.05) is 256 Å². The first-order valence-electron chi connectivity index (χ1n) is 44.0. The average Bonchev–Trinajstić information content (AvgIpc) is 0.808. The number of carboxylic acids is 2. The lowest BCUT2D eigenvalue weighted by atomic mass is 9.87. The minimum Gasteiger partial charge on any atom is -0.481 e. The van der Waals surface area contributed by atoms with Crippen molar-refractivity contribution in [3.05, 3.63) is 58.1 Å². The molecule has 2 aromatic heterocycles. The van der Waals surface area contributed by atoms with Crippen molar-refractivity contribution in [2.24, 2.45) is 5.41 Å². The van der Waals surface area contributed by atoms with Gasteiger partial charge in [0.25, 0.3) is 11.5 Å². The van der Waals surface area contributed by atoms with Crippen LogP contribution < -0.4 is 21.9 Å². The molecule has 0 aliphatic carbocycles. The van der Waals surface area contributed by atoms with Crippen molar-refractivity contribution in [3.63, 3.8) is 0 Å². The van der Waals surface area contributed by atoms with Crippen LogP contribution in [0, 0.1) is 5.41 Å². The molecule has 49 heteroatoms. The fourth-order valence-electron chi connectivity index (χ4n) is 10.7. The molecular weight excluding hydrogens is 1790 g/mol. The van der Waals surface area contributed by atoms with Gasteiger partial charge in [-0.1, -0.05) is 6.92 Å². The van der Waals surface area contributed by atoms with Crippen LogP contribution >= 0.6 is 0 Å². The number of carbonyl (C=O) groups is 3. The van der Waals surface area contributed by atoms with Gasteiger partial charge in [-0.2, -0.15) is 0 Å². The van der Waals surface area contributed by atoms with Crippen molar-refractivity contribution in [3.8, 4) is 0 Å². The molecule has 0 fully saturated rings. The molecule has 3 aromatic rings. The molecule has 0 aliphatic heterocycles. The van der Waals surface area contributed by atoms with E-state index in [9.17, 15) is 101 Å². The number of amides is 1. The third-order valence-electron chi connectivity index (χ3n) is 18.5. The summed E-state index contributed by atoms with van der Waals surface area (Å²) >= 11 is 0. The molecular formula is C85H152N6O43. The second-order valence-corrected chi connectivity index (χ2v) is 33.5. The number of rotatable bonds is 83. The van der Waals surface area contributed by atoms with Crippen LogP contribution in [0.2, 0.25) is 0 Å². The molecule has 0 radical (unpaired) electrons. The Morgan fingerprint density at radius 3 is 1.08 bits per heavy atom. The summed E-state index contributed by atoms with van der Waals surface area (Å²) in [5, 5.41) is 200. The van der Waals surface area contributed by atoms with E-state index in [0.29, 0.717) is 23.3 Å². The fraction of sp³-hybridized carbons (Fsp3) is 0.812. The minimum atomic E-state index is -1.31. The fourth-order valence-corrected chi connectivity index (χ4v) is 10.7. The second-order valence-electron chi connectivity index (χ2n) is 33.5. The van der Waals surface area contributed by atoms with Crippen molar-refractivity contribution in [2.45, 2.75) is 195 Å². The molecule has 0 spiro atoms. The highest BCUT2D eigenvalue weighted by Crippen LogP contribution is 2.29.